The van der Waals surface area contributed by atoms with Crippen LogP contribution in [0.4, 0.5) is 0 Å². The minimum atomic E-state index is -0.109. The summed E-state index contributed by atoms with van der Waals surface area (Å²) >= 11 is 0. The van der Waals surface area contributed by atoms with Gasteiger partial charge in [-0.25, -0.2) is 4.99 Å². The normalized spacial score (nSPS) is 11.6. The largest absolute Gasteiger partial charge is 0.493 e. The zero-order valence-corrected chi connectivity index (χ0v) is 20.0. The Morgan fingerprint density at radius 3 is 2.39 bits per heavy atom. The number of rotatable bonds is 8. The zero-order chi connectivity index (χ0) is 19.9. The van der Waals surface area contributed by atoms with Crippen molar-refractivity contribution in [2.45, 2.75) is 32.7 Å². The molecule has 0 atom stereocenters. The maximum atomic E-state index is 5.44. The maximum absolute atomic E-state index is 5.44. The predicted molar refractivity (Wildman–Crippen MR) is 126 cm³/mol. The lowest BCUT2D eigenvalue weighted by molar-refractivity contribution is 0.353. The smallest absolute Gasteiger partial charge is 0.191 e. The lowest BCUT2D eigenvalue weighted by Crippen LogP contribution is -2.43. The molecule has 0 aliphatic heterocycles. The Morgan fingerprint density at radius 2 is 1.82 bits per heavy atom. The summed E-state index contributed by atoms with van der Waals surface area (Å²) in [6.45, 7) is 8.66. The van der Waals surface area contributed by atoms with E-state index in [2.05, 4.69) is 49.7 Å². The van der Waals surface area contributed by atoms with Gasteiger partial charge in [-0.2, -0.15) is 0 Å². The molecule has 0 aliphatic rings. The van der Waals surface area contributed by atoms with Gasteiger partial charge in [0.1, 0.15) is 0 Å². The van der Waals surface area contributed by atoms with Gasteiger partial charge in [-0.1, -0.05) is 19.9 Å². The topological polar surface area (TPSA) is 59.8 Å². The number of benzene rings is 1. The zero-order valence-electron chi connectivity index (χ0n) is 17.7. The Morgan fingerprint density at radius 1 is 1.11 bits per heavy atom. The molecule has 0 radical (unpaired) electrons. The van der Waals surface area contributed by atoms with Crippen LogP contribution < -0.4 is 20.1 Å². The Labute approximate surface area is 185 Å². The second-order valence-electron chi connectivity index (χ2n) is 7.19. The van der Waals surface area contributed by atoms with Crippen LogP contribution in [0.2, 0.25) is 0 Å². The number of methoxy groups -OCH3 is 2. The van der Waals surface area contributed by atoms with Crippen molar-refractivity contribution >= 4 is 29.9 Å². The first-order chi connectivity index (χ1) is 12.9. The highest BCUT2D eigenvalue weighted by Crippen LogP contribution is 2.32. The highest BCUT2D eigenvalue weighted by atomic mass is 127. The lowest BCUT2D eigenvalue weighted by Gasteiger charge is -2.27. The van der Waals surface area contributed by atoms with Crippen LogP contribution in [-0.2, 0) is 19.0 Å². The van der Waals surface area contributed by atoms with Gasteiger partial charge in [0.25, 0.3) is 0 Å². The van der Waals surface area contributed by atoms with Crippen molar-refractivity contribution in [2.24, 2.45) is 12.0 Å². The van der Waals surface area contributed by atoms with Gasteiger partial charge < -0.3 is 24.7 Å². The molecule has 0 spiro atoms. The standard InChI is InChI=1S/C21H32N4O2.HI/c1-7-22-20(23-13-16-10-11-25(4)14-16)24-15-21(2,3)17-8-9-18(26-5)19(12-17)27-6;/h8-12,14H,7,13,15H2,1-6H3,(H2,22,23,24);1H. The molecule has 0 fully saturated rings. The van der Waals surface area contributed by atoms with Crippen molar-refractivity contribution in [1.82, 2.24) is 15.2 Å². The number of hydrogen-bond donors (Lipinski definition) is 2. The molecule has 1 aromatic heterocycles. The molecule has 28 heavy (non-hydrogen) atoms. The van der Waals surface area contributed by atoms with Gasteiger partial charge in [-0.3, -0.25) is 0 Å². The van der Waals surface area contributed by atoms with Gasteiger partial charge in [-0.15, -0.1) is 24.0 Å². The molecule has 0 bridgehead atoms. The molecular formula is C21H33IN4O2. The van der Waals surface area contributed by atoms with Gasteiger partial charge in [0.2, 0.25) is 0 Å². The summed E-state index contributed by atoms with van der Waals surface area (Å²) in [7, 11) is 5.32. The molecule has 2 N–H and O–H groups in total. The first-order valence-electron chi connectivity index (χ1n) is 9.25. The molecule has 0 aliphatic carbocycles. The summed E-state index contributed by atoms with van der Waals surface area (Å²) in [5.41, 5.74) is 2.25. The summed E-state index contributed by atoms with van der Waals surface area (Å²) in [6.07, 6.45) is 4.12. The molecule has 1 aromatic carbocycles. The molecule has 0 saturated heterocycles. The third-order valence-electron chi connectivity index (χ3n) is 4.52. The van der Waals surface area contributed by atoms with Gasteiger partial charge in [0.05, 0.1) is 20.8 Å². The third kappa shape index (κ3) is 6.61. The van der Waals surface area contributed by atoms with Crippen LogP contribution >= 0.6 is 24.0 Å². The Hall–Kier alpha value is -1.90. The summed E-state index contributed by atoms with van der Waals surface area (Å²) in [5, 5.41) is 6.77. The van der Waals surface area contributed by atoms with E-state index in [1.807, 2.05) is 29.9 Å². The maximum Gasteiger partial charge on any atom is 0.191 e. The van der Waals surface area contributed by atoms with E-state index in [4.69, 9.17) is 14.5 Å². The highest BCUT2D eigenvalue weighted by Gasteiger charge is 2.22. The third-order valence-corrected chi connectivity index (χ3v) is 4.52. The van der Waals surface area contributed by atoms with Crippen molar-refractivity contribution in [3.63, 3.8) is 0 Å². The average Bonchev–Trinajstić information content (AvgIpc) is 3.08. The predicted octanol–water partition coefficient (Wildman–Crippen LogP) is 3.69. The molecule has 2 rings (SSSR count). The van der Waals surface area contributed by atoms with Gasteiger partial charge in [-0.05, 0) is 36.2 Å². The summed E-state index contributed by atoms with van der Waals surface area (Å²) in [6, 6.07) is 8.15. The second-order valence-corrected chi connectivity index (χ2v) is 7.19. The van der Waals surface area contributed by atoms with Gasteiger partial charge in [0.15, 0.2) is 17.5 Å². The van der Waals surface area contributed by atoms with Crippen molar-refractivity contribution in [3.05, 3.63) is 47.8 Å². The van der Waals surface area contributed by atoms with Gasteiger partial charge in [0, 0.05) is 37.9 Å². The molecule has 2 aromatic rings. The fraction of sp³-hybridized carbons (Fsp3) is 0.476. The number of aromatic nitrogens is 1. The quantitative estimate of drug-likeness (QED) is 0.330. The van der Waals surface area contributed by atoms with Crippen LogP contribution in [0.1, 0.15) is 31.9 Å². The fourth-order valence-corrected chi connectivity index (χ4v) is 2.83. The molecule has 7 heteroatoms. The molecule has 0 unspecified atom stereocenters. The van der Waals surface area contributed by atoms with E-state index in [1.54, 1.807) is 14.2 Å². The molecule has 6 nitrogen and oxygen atoms in total. The molecule has 0 saturated carbocycles. The number of aliphatic imine (C=N–C) groups is 1. The van der Waals surface area contributed by atoms with E-state index in [9.17, 15) is 0 Å². The van der Waals surface area contributed by atoms with E-state index in [1.165, 1.54) is 11.1 Å². The van der Waals surface area contributed by atoms with Crippen molar-refractivity contribution in [1.29, 1.82) is 0 Å². The van der Waals surface area contributed by atoms with Crippen LogP contribution in [0.3, 0.4) is 0 Å². The second kappa shape index (κ2) is 11.2. The van der Waals surface area contributed by atoms with Crippen molar-refractivity contribution in [3.8, 4) is 11.5 Å². The van der Waals surface area contributed by atoms with Gasteiger partial charge >= 0.3 is 0 Å². The Kier molecular flexibility index (Phi) is 9.64. The van der Waals surface area contributed by atoms with Crippen LogP contribution in [-0.4, -0.2) is 37.8 Å². The Bertz CT molecular complexity index is 772. The van der Waals surface area contributed by atoms with Crippen LogP contribution in [0, 0.1) is 0 Å². The van der Waals surface area contributed by atoms with Crippen molar-refractivity contribution < 1.29 is 9.47 Å². The molecule has 0 amide bonds. The summed E-state index contributed by atoms with van der Waals surface area (Å²) in [5.74, 6) is 2.30. The number of aryl methyl sites for hydroxylation is 1. The monoisotopic (exact) mass is 500 g/mol. The average molecular weight is 500 g/mol. The molecule has 1 heterocycles. The minimum absolute atomic E-state index is 0. The Balaban J connectivity index is 0.00000392. The van der Waals surface area contributed by atoms with Crippen molar-refractivity contribution in [2.75, 3.05) is 27.3 Å². The summed E-state index contributed by atoms with van der Waals surface area (Å²) < 4.78 is 12.8. The van der Waals surface area contributed by atoms with E-state index < -0.39 is 0 Å². The fourth-order valence-electron chi connectivity index (χ4n) is 2.83. The minimum Gasteiger partial charge on any atom is -0.493 e. The SMILES string of the molecule is CCNC(=NCc1ccn(C)c1)NCC(C)(C)c1ccc(OC)c(OC)c1.I. The highest BCUT2D eigenvalue weighted by molar-refractivity contribution is 14.0. The summed E-state index contributed by atoms with van der Waals surface area (Å²) in [4.78, 5) is 4.69. The van der Waals surface area contributed by atoms with Crippen LogP contribution in [0.25, 0.3) is 0 Å². The molecule has 156 valence electrons. The number of hydrogen-bond acceptors (Lipinski definition) is 3. The number of ether oxygens (including phenoxy) is 2. The van der Waals surface area contributed by atoms with E-state index >= 15 is 0 Å². The van der Waals surface area contributed by atoms with E-state index in [-0.39, 0.29) is 29.4 Å². The van der Waals surface area contributed by atoms with E-state index in [0.29, 0.717) is 6.54 Å². The van der Waals surface area contributed by atoms with E-state index in [0.717, 1.165) is 30.5 Å². The number of nitrogens with one attached hydrogen (secondary N) is 2. The molecular weight excluding hydrogens is 467 g/mol. The van der Waals surface area contributed by atoms with Crippen LogP contribution in [0.5, 0.6) is 11.5 Å². The lowest BCUT2D eigenvalue weighted by atomic mass is 9.84. The number of nitrogens with zero attached hydrogens (tertiary/aromatic N) is 2. The number of guanidine groups is 1. The van der Waals surface area contributed by atoms with Crippen LogP contribution in [0.15, 0.2) is 41.7 Å². The number of halogens is 1. The first kappa shape index (κ1) is 24.1. The first-order valence-corrected chi connectivity index (χ1v) is 9.25.